The van der Waals surface area contributed by atoms with Crippen LogP contribution in [-0.2, 0) is 14.4 Å². The van der Waals surface area contributed by atoms with Crippen LogP contribution in [0.4, 0.5) is 0 Å². The fraction of sp³-hybridized carbons (Fsp3) is 0.545. The van der Waals surface area contributed by atoms with Crippen LogP contribution in [0.25, 0.3) is 0 Å². The van der Waals surface area contributed by atoms with Crippen molar-refractivity contribution in [2.24, 2.45) is 28.9 Å². The number of carbonyl (C=O) groups excluding carboxylic acids is 4. The van der Waals surface area contributed by atoms with Crippen molar-refractivity contribution in [1.82, 2.24) is 10.6 Å². The molecule has 177 valence electrons. The number of carbonyl (C=O) groups is 3. The van der Waals surface area contributed by atoms with Crippen LogP contribution in [0.5, 0.6) is 0 Å². The van der Waals surface area contributed by atoms with E-state index >= 15 is 0 Å². The lowest BCUT2D eigenvalue weighted by molar-refractivity contribution is -0.131. The molecule has 32 heavy (non-hydrogen) atoms. The Morgan fingerprint density at radius 3 is 2.19 bits per heavy atom. The van der Waals surface area contributed by atoms with Gasteiger partial charge in [0.05, 0.1) is 6.04 Å². The lowest BCUT2D eigenvalue weighted by Gasteiger charge is -2.39. The van der Waals surface area contributed by atoms with Crippen LogP contribution in [0, 0.1) is 5.92 Å². The van der Waals surface area contributed by atoms with E-state index in [1.807, 2.05) is 13.8 Å². The van der Waals surface area contributed by atoms with E-state index in [1.165, 1.54) is 25.3 Å². The highest BCUT2D eigenvalue weighted by atomic mass is 16.2. The van der Waals surface area contributed by atoms with E-state index < -0.39 is 40.9 Å². The number of rotatable bonds is 13. The van der Waals surface area contributed by atoms with Crippen LogP contribution < -0.4 is 33.6 Å². The lowest BCUT2D eigenvalue weighted by Crippen LogP contribution is -2.77. The fourth-order valence-corrected chi connectivity index (χ4v) is 3.06. The number of hydrogen-bond acceptors (Lipinski definition) is 8. The van der Waals surface area contributed by atoms with Gasteiger partial charge in [-0.3, -0.25) is 19.2 Å². The molecule has 0 saturated heterocycles. The lowest BCUT2D eigenvalue weighted by atomic mass is 9.80. The average molecular weight is 448 g/mol. The summed E-state index contributed by atoms with van der Waals surface area (Å²) < 4.78 is 0. The Morgan fingerprint density at radius 1 is 1.09 bits per heavy atom. The van der Waals surface area contributed by atoms with E-state index in [9.17, 15) is 19.2 Å². The first kappa shape index (κ1) is 27.4. The van der Waals surface area contributed by atoms with Crippen molar-refractivity contribution in [3.63, 3.8) is 0 Å². The van der Waals surface area contributed by atoms with Crippen LogP contribution in [-0.4, -0.2) is 53.7 Å². The Hall–Kier alpha value is -2.66. The van der Waals surface area contributed by atoms with E-state index in [-0.39, 0.29) is 17.9 Å². The second-order valence-electron chi connectivity index (χ2n) is 8.52. The summed E-state index contributed by atoms with van der Waals surface area (Å²) in [6, 6.07) is 6.12. The summed E-state index contributed by atoms with van der Waals surface area (Å²) >= 11 is 0. The molecule has 0 fully saturated rings. The molecular weight excluding hydrogens is 412 g/mol. The zero-order chi connectivity index (χ0) is 24.5. The van der Waals surface area contributed by atoms with E-state index in [0.29, 0.717) is 19.4 Å². The molecule has 10 N–H and O–H groups in total. The molecule has 10 heteroatoms. The maximum Gasteiger partial charge on any atom is 0.244 e. The van der Waals surface area contributed by atoms with Gasteiger partial charge in [0.2, 0.25) is 18.1 Å². The third-order valence-corrected chi connectivity index (χ3v) is 5.20. The fourth-order valence-electron chi connectivity index (χ4n) is 3.06. The minimum atomic E-state index is -2.35. The molecule has 1 rings (SSSR count). The van der Waals surface area contributed by atoms with Crippen LogP contribution in [0.1, 0.15) is 50.4 Å². The average Bonchev–Trinajstić information content (AvgIpc) is 2.76. The van der Waals surface area contributed by atoms with Gasteiger partial charge in [-0.1, -0.05) is 44.2 Å². The van der Waals surface area contributed by atoms with Crippen molar-refractivity contribution in [2.45, 2.75) is 63.3 Å². The first-order valence-electron chi connectivity index (χ1n) is 10.5. The van der Waals surface area contributed by atoms with Gasteiger partial charge in [0, 0.05) is 5.56 Å². The highest BCUT2D eigenvalue weighted by Crippen LogP contribution is 2.20. The van der Waals surface area contributed by atoms with Crippen molar-refractivity contribution in [1.29, 1.82) is 0 Å². The van der Waals surface area contributed by atoms with Crippen LogP contribution in [0.3, 0.4) is 0 Å². The predicted molar refractivity (Wildman–Crippen MR) is 122 cm³/mol. The molecule has 0 spiro atoms. The van der Waals surface area contributed by atoms with Crippen molar-refractivity contribution < 1.29 is 19.2 Å². The normalized spacial score (nSPS) is 16.9. The smallest absolute Gasteiger partial charge is 0.244 e. The van der Waals surface area contributed by atoms with Crippen LogP contribution >= 0.6 is 0 Å². The number of nitrogens with two attached hydrogens (primary N) is 4. The number of benzene rings is 1. The van der Waals surface area contributed by atoms with E-state index in [4.69, 9.17) is 22.9 Å². The molecule has 1 aromatic carbocycles. The summed E-state index contributed by atoms with van der Waals surface area (Å²) in [5, 5.41) is 4.91. The number of ketones is 1. The Labute approximate surface area is 188 Å². The minimum absolute atomic E-state index is 0.00825. The molecule has 0 aliphatic rings. The van der Waals surface area contributed by atoms with Gasteiger partial charge in [0.1, 0.15) is 11.6 Å². The van der Waals surface area contributed by atoms with Crippen molar-refractivity contribution in [3.8, 4) is 0 Å². The quantitative estimate of drug-likeness (QED) is 0.164. The second-order valence-corrected chi connectivity index (χ2v) is 8.52. The van der Waals surface area contributed by atoms with Gasteiger partial charge >= 0.3 is 0 Å². The Kier molecular flexibility index (Phi) is 10.1. The van der Waals surface area contributed by atoms with Gasteiger partial charge in [-0.15, -0.1) is 0 Å². The summed E-state index contributed by atoms with van der Waals surface area (Å²) in [6.45, 7) is 5.33. The van der Waals surface area contributed by atoms with Crippen molar-refractivity contribution >= 4 is 23.9 Å². The number of amides is 2. The molecule has 0 bridgehead atoms. The van der Waals surface area contributed by atoms with E-state index in [1.54, 1.807) is 18.2 Å². The van der Waals surface area contributed by atoms with Gasteiger partial charge in [-0.2, -0.15) is 0 Å². The highest BCUT2D eigenvalue weighted by molar-refractivity contribution is 6.07. The predicted octanol–water partition coefficient (Wildman–Crippen LogP) is -0.935. The van der Waals surface area contributed by atoms with Crippen molar-refractivity contribution in [3.05, 3.63) is 35.9 Å². The highest BCUT2D eigenvalue weighted by Gasteiger charge is 2.51. The first-order chi connectivity index (χ1) is 14.9. The minimum Gasteiger partial charge on any atom is -0.343 e. The van der Waals surface area contributed by atoms with Gasteiger partial charge in [-0.25, -0.2) is 0 Å². The van der Waals surface area contributed by atoms with Gasteiger partial charge in [0.15, 0.2) is 11.4 Å². The molecule has 0 aliphatic heterocycles. The molecule has 0 heterocycles. The molecule has 2 unspecified atom stereocenters. The van der Waals surface area contributed by atoms with Gasteiger partial charge in [-0.05, 0) is 38.6 Å². The molecule has 4 atom stereocenters. The Bertz CT molecular complexity index is 799. The van der Waals surface area contributed by atoms with Gasteiger partial charge < -0.3 is 33.6 Å². The largest absolute Gasteiger partial charge is 0.343 e. The zero-order valence-electron chi connectivity index (χ0n) is 18.9. The number of hydrogen-bond donors (Lipinski definition) is 6. The molecule has 0 saturated carbocycles. The molecule has 0 aromatic heterocycles. The van der Waals surface area contributed by atoms with Crippen LogP contribution in [0.15, 0.2) is 30.3 Å². The SMILES string of the molecule is CC(C)C[C@H](NC(=O)[C@@H](N)CCCN)C(=O)NC(N)([C]=O)C(C)(N)C(=O)c1ccccc1. The van der Waals surface area contributed by atoms with Crippen LogP contribution in [0.2, 0.25) is 0 Å². The molecule has 1 radical (unpaired) electrons. The standard InChI is InChI=1S/C22H35N6O4/c1-14(2)12-17(27-19(31)16(24)10-7-11-23)20(32)28-22(26,13-29)21(3,25)18(30)15-8-5-4-6-9-15/h4-6,8-9,14,16-17H,7,10-12,23-26H2,1-3H3,(H,27,31)(H,28,32)/t16-,17-,21?,22?/m0/s1. The van der Waals surface area contributed by atoms with E-state index in [2.05, 4.69) is 10.6 Å². The molecule has 0 aliphatic carbocycles. The number of Topliss-reactive ketones (excluding diaryl/α,β-unsaturated/α-hetero) is 1. The summed E-state index contributed by atoms with van der Waals surface area (Å²) in [5.41, 5.74) is 19.4. The number of nitrogens with one attached hydrogen (secondary N) is 2. The monoisotopic (exact) mass is 447 g/mol. The maximum absolute atomic E-state index is 13.0. The third-order valence-electron chi connectivity index (χ3n) is 5.20. The first-order valence-corrected chi connectivity index (χ1v) is 10.5. The summed E-state index contributed by atoms with van der Waals surface area (Å²) in [6.07, 6.45) is 2.66. The molecule has 1 aromatic rings. The molecule has 2 amide bonds. The third kappa shape index (κ3) is 6.92. The zero-order valence-corrected chi connectivity index (χ0v) is 18.9. The summed E-state index contributed by atoms with van der Waals surface area (Å²) in [4.78, 5) is 50.2. The van der Waals surface area contributed by atoms with E-state index in [0.717, 1.165) is 0 Å². The molecule has 10 nitrogen and oxygen atoms in total. The Morgan fingerprint density at radius 2 is 1.69 bits per heavy atom. The van der Waals surface area contributed by atoms with Gasteiger partial charge in [0.25, 0.3) is 0 Å². The summed E-state index contributed by atoms with van der Waals surface area (Å²) in [7, 11) is 0. The topological polar surface area (TPSA) is 196 Å². The molecular formula is C22H35N6O4. The summed E-state index contributed by atoms with van der Waals surface area (Å²) in [5.74, 6) is -1.96. The Balaban J connectivity index is 3.09. The maximum atomic E-state index is 13.0. The second kappa shape index (κ2) is 11.8. The van der Waals surface area contributed by atoms with Crippen molar-refractivity contribution in [2.75, 3.05) is 6.54 Å².